The monoisotopic (exact) mass is 471 g/mol. The summed E-state index contributed by atoms with van der Waals surface area (Å²) in [5.74, 6) is 0.456. The smallest absolute Gasteiger partial charge is 0.423 e. The van der Waals surface area contributed by atoms with Crippen molar-refractivity contribution in [1.29, 1.82) is 0 Å². The second-order valence-corrected chi connectivity index (χ2v) is 8.54. The standard InChI is InChI=1S/C29H19BFN3O2/c31-26-17-24(13-14-25(26)30(35)36)29-33-27(22-11-9-18-5-1-3-7-20(18)15-22)32-28(34-29)23-12-10-19-6-2-4-8-21(19)16-23/h1-17,35-36H. The van der Waals surface area contributed by atoms with Gasteiger partial charge in [-0.25, -0.2) is 19.3 Å². The molecule has 0 fully saturated rings. The number of halogens is 1. The quantitative estimate of drug-likeness (QED) is 0.354. The minimum atomic E-state index is -1.90. The van der Waals surface area contributed by atoms with Crippen LogP contribution in [-0.2, 0) is 0 Å². The third kappa shape index (κ3) is 4.11. The first kappa shape index (κ1) is 22.0. The zero-order valence-corrected chi connectivity index (χ0v) is 19.0. The molecule has 2 N–H and O–H groups in total. The van der Waals surface area contributed by atoms with Crippen LogP contribution in [0, 0.1) is 5.82 Å². The first-order chi connectivity index (χ1) is 17.5. The summed E-state index contributed by atoms with van der Waals surface area (Å²) in [5.41, 5.74) is 1.81. The molecule has 7 heteroatoms. The summed E-state index contributed by atoms with van der Waals surface area (Å²) in [6.07, 6.45) is 0. The third-order valence-corrected chi connectivity index (χ3v) is 6.19. The Morgan fingerprint density at radius 3 is 1.36 bits per heavy atom. The van der Waals surface area contributed by atoms with E-state index in [2.05, 4.69) is 9.97 Å². The van der Waals surface area contributed by atoms with Gasteiger partial charge in [-0.05, 0) is 39.7 Å². The first-order valence-corrected chi connectivity index (χ1v) is 11.5. The van der Waals surface area contributed by atoms with Crippen molar-refractivity contribution in [1.82, 2.24) is 15.0 Å². The lowest BCUT2D eigenvalue weighted by molar-refractivity contribution is 0.423. The zero-order valence-electron chi connectivity index (χ0n) is 19.0. The van der Waals surface area contributed by atoms with E-state index in [1.807, 2.05) is 84.9 Å². The Kier molecular flexibility index (Phi) is 5.49. The average Bonchev–Trinajstić information content (AvgIpc) is 2.92. The molecular formula is C29H19BFN3O2. The van der Waals surface area contributed by atoms with Crippen LogP contribution in [0.1, 0.15) is 0 Å². The second kappa shape index (κ2) is 8.96. The van der Waals surface area contributed by atoms with Gasteiger partial charge in [-0.1, -0.05) is 84.9 Å². The van der Waals surface area contributed by atoms with Crippen molar-refractivity contribution in [2.75, 3.05) is 0 Å². The van der Waals surface area contributed by atoms with Crippen LogP contribution in [0.15, 0.2) is 103 Å². The van der Waals surface area contributed by atoms with Crippen molar-refractivity contribution >= 4 is 34.1 Å². The van der Waals surface area contributed by atoms with Crippen molar-refractivity contribution in [3.63, 3.8) is 0 Å². The molecule has 0 saturated heterocycles. The highest BCUT2D eigenvalue weighted by Gasteiger charge is 2.19. The van der Waals surface area contributed by atoms with Gasteiger partial charge in [0.05, 0.1) is 0 Å². The Balaban J connectivity index is 1.55. The van der Waals surface area contributed by atoms with E-state index in [1.165, 1.54) is 12.1 Å². The predicted octanol–water partition coefficient (Wildman–Crippen LogP) is 5.00. The molecular weight excluding hydrogens is 452 g/mol. The number of aromatic nitrogens is 3. The van der Waals surface area contributed by atoms with Crippen LogP contribution in [0.3, 0.4) is 0 Å². The Bertz CT molecular complexity index is 1660. The fourth-order valence-corrected chi connectivity index (χ4v) is 4.30. The van der Waals surface area contributed by atoms with Crippen LogP contribution < -0.4 is 5.46 Å². The SMILES string of the molecule is OB(O)c1ccc(-c2nc(-c3ccc4ccccc4c3)nc(-c3ccc4ccccc4c3)n2)cc1F. The van der Waals surface area contributed by atoms with Gasteiger partial charge < -0.3 is 10.0 Å². The molecule has 1 aromatic heterocycles. The number of nitrogens with zero attached hydrogens (tertiary/aromatic N) is 3. The Morgan fingerprint density at radius 2 is 0.917 bits per heavy atom. The number of benzene rings is 5. The molecule has 0 amide bonds. The minimum absolute atomic E-state index is 0.211. The van der Waals surface area contributed by atoms with E-state index >= 15 is 0 Å². The van der Waals surface area contributed by atoms with Gasteiger partial charge in [0.15, 0.2) is 17.5 Å². The predicted molar refractivity (Wildman–Crippen MR) is 141 cm³/mol. The van der Waals surface area contributed by atoms with Gasteiger partial charge >= 0.3 is 7.12 Å². The molecule has 0 aliphatic heterocycles. The van der Waals surface area contributed by atoms with E-state index in [9.17, 15) is 14.4 Å². The number of hydrogen-bond donors (Lipinski definition) is 2. The maximum atomic E-state index is 14.6. The van der Waals surface area contributed by atoms with Crippen molar-refractivity contribution in [3.05, 3.63) is 109 Å². The summed E-state index contributed by atoms with van der Waals surface area (Å²) < 4.78 is 14.6. The van der Waals surface area contributed by atoms with E-state index in [4.69, 9.17) is 4.98 Å². The fourth-order valence-electron chi connectivity index (χ4n) is 4.30. The molecule has 0 unspecified atom stereocenters. The van der Waals surface area contributed by atoms with Gasteiger partial charge in [0, 0.05) is 22.2 Å². The molecule has 0 spiro atoms. The lowest BCUT2D eigenvalue weighted by Crippen LogP contribution is -2.32. The van der Waals surface area contributed by atoms with E-state index < -0.39 is 12.9 Å². The van der Waals surface area contributed by atoms with Crippen molar-refractivity contribution in [2.45, 2.75) is 0 Å². The summed E-state index contributed by atoms with van der Waals surface area (Å²) in [6.45, 7) is 0. The van der Waals surface area contributed by atoms with E-state index in [-0.39, 0.29) is 11.3 Å². The molecule has 0 bridgehead atoms. The lowest BCUT2D eigenvalue weighted by atomic mass is 9.79. The maximum absolute atomic E-state index is 14.6. The van der Waals surface area contributed by atoms with Crippen molar-refractivity contribution < 1.29 is 14.4 Å². The molecule has 6 aromatic rings. The Morgan fingerprint density at radius 1 is 0.500 bits per heavy atom. The highest BCUT2D eigenvalue weighted by Crippen LogP contribution is 2.28. The second-order valence-electron chi connectivity index (χ2n) is 8.54. The molecule has 5 aromatic carbocycles. The molecule has 0 atom stereocenters. The number of fused-ring (bicyclic) bond motifs is 2. The molecule has 0 aliphatic rings. The summed E-state index contributed by atoms with van der Waals surface area (Å²) >= 11 is 0. The zero-order chi connectivity index (χ0) is 24.6. The van der Waals surface area contributed by atoms with Crippen molar-refractivity contribution in [3.8, 4) is 34.2 Å². The van der Waals surface area contributed by atoms with E-state index in [1.54, 1.807) is 6.07 Å². The van der Waals surface area contributed by atoms with Crippen molar-refractivity contribution in [2.24, 2.45) is 0 Å². The summed E-state index contributed by atoms with van der Waals surface area (Å²) in [4.78, 5) is 14.1. The average molecular weight is 471 g/mol. The molecule has 1 heterocycles. The van der Waals surface area contributed by atoms with Gasteiger partial charge in [-0.2, -0.15) is 0 Å². The van der Waals surface area contributed by atoms with Crippen LogP contribution in [0.25, 0.3) is 55.7 Å². The highest BCUT2D eigenvalue weighted by molar-refractivity contribution is 6.58. The van der Waals surface area contributed by atoms with Crippen LogP contribution in [0.5, 0.6) is 0 Å². The van der Waals surface area contributed by atoms with Gasteiger partial charge in [0.2, 0.25) is 0 Å². The van der Waals surface area contributed by atoms with Crippen LogP contribution in [0.4, 0.5) is 4.39 Å². The summed E-state index contributed by atoms with van der Waals surface area (Å²) in [6, 6.07) is 32.1. The molecule has 5 nitrogen and oxygen atoms in total. The third-order valence-electron chi connectivity index (χ3n) is 6.19. The van der Waals surface area contributed by atoms with E-state index in [0.29, 0.717) is 17.2 Å². The summed E-state index contributed by atoms with van der Waals surface area (Å²) in [5, 5.41) is 23.1. The fraction of sp³-hybridized carbons (Fsp3) is 0. The minimum Gasteiger partial charge on any atom is -0.423 e. The van der Waals surface area contributed by atoms with Crippen LogP contribution in [-0.4, -0.2) is 32.1 Å². The van der Waals surface area contributed by atoms with Crippen LogP contribution in [0.2, 0.25) is 0 Å². The molecule has 36 heavy (non-hydrogen) atoms. The molecule has 172 valence electrons. The summed E-state index contributed by atoms with van der Waals surface area (Å²) in [7, 11) is -1.90. The van der Waals surface area contributed by atoms with Gasteiger partial charge in [0.1, 0.15) is 5.82 Å². The Labute approximate surface area is 206 Å². The molecule has 6 rings (SSSR count). The maximum Gasteiger partial charge on any atom is 0.491 e. The van der Waals surface area contributed by atoms with E-state index in [0.717, 1.165) is 32.7 Å². The molecule has 0 aliphatic carbocycles. The molecule has 0 radical (unpaired) electrons. The number of hydrogen-bond acceptors (Lipinski definition) is 5. The van der Waals surface area contributed by atoms with Gasteiger partial charge in [-0.3, -0.25) is 0 Å². The largest absolute Gasteiger partial charge is 0.491 e. The first-order valence-electron chi connectivity index (χ1n) is 11.5. The van der Waals surface area contributed by atoms with Gasteiger partial charge in [0.25, 0.3) is 0 Å². The normalized spacial score (nSPS) is 11.2. The highest BCUT2D eigenvalue weighted by atomic mass is 19.1. The number of rotatable bonds is 4. The topological polar surface area (TPSA) is 79.1 Å². The Hall–Kier alpha value is -4.46. The van der Waals surface area contributed by atoms with Gasteiger partial charge in [-0.15, -0.1) is 0 Å². The molecule has 0 saturated carbocycles. The lowest BCUT2D eigenvalue weighted by Gasteiger charge is -2.10. The van der Waals surface area contributed by atoms with Crippen LogP contribution >= 0.6 is 0 Å².